The second kappa shape index (κ2) is 6.43. The molecule has 0 N–H and O–H groups in total. The van der Waals surface area contributed by atoms with Gasteiger partial charge in [-0.1, -0.05) is 5.10 Å². The number of imidazole rings is 1. The summed E-state index contributed by atoms with van der Waals surface area (Å²) < 4.78 is 21.3. The van der Waals surface area contributed by atoms with Crippen molar-refractivity contribution in [2.24, 2.45) is 0 Å². The number of aryl methyl sites for hydroxylation is 1. The molecule has 3 rings (SSSR count). The van der Waals surface area contributed by atoms with Gasteiger partial charge in [-0.05, 0) is 7.05 Å². The van der Waals surface area contributed by atoms with Crippen LogP contribution in [0, 0.1) is 6.92 Å². The van der Waals surface area contributed by atoms with E-state index >= 15 is 0 Å². The minimum Gasteiger partial charge on any atom is -0.408 e. The molecule has 1 fully saturated rings. The lowest BCUT2D eigenvalue weighted by Gasteiger charge is -2.27. The minimum atomic E-state index is -0.848. The van der Waals surface area contributed by atoms with E-state index in [9.17, 15) is 4.39 Å². The summed E-state index contributed by atoms with van der Waals surface area (Å²) in [6, 6.07) is 0.480. The summed E-state index contributed by atoms with van der Waals surface area (Å²) >= 11 is 0. The Labute approximate surface area is 128 Å². The Morgan fingerprint density at radius 3 is 3.00 bits per heavy atom. The average molecular weight is 308 g/mol. The van der Waals surface area contributed by atoms with Gasteiger partial charge in [-0.25, -0.2) is 9.37 Å². The largest absolute Gasteiger partial charge is 0.408 e. The molecule has 0 radical (unpaired) electrons. The van der Waals surface area contributed by atoms with Crippen molar-refractivity contribution in [2.75, 3.05) is 31.6 Å². The molecular weight excluding hydrogens is 287 g/mol. The zero-order valence-corrected chi connectivity index (χ0v) is 12.9. The molecule has 2 atom stereocenters. The Hall–Kier alpha value is -1.96. The number of hydrogen-bond donors (Lipinski definition) is 0. The normalized spacial score (nSPS) is 21.9. The van der Waals surface area contributed by atoms with E-state index in [2.05, 4.69) is 20.1 Å². The molecule has 0 bridgehead atoms. The van der Waals surface area contributed by atoms with Crippen molar-refractivity contribution < 1.29 is 8.81 Å². The van der Waals surface area contributed by atoms with Gasteiger partial charge in [0.1, 0.15) is 6.17 Å². The van der Waals surface area contributed by atoms with Crippen molar-refractivity contribution in [3.05, 3.63) is 24.6 Å². The lowest BCUT2D eigenvalue weighted by Crippen LogP contribution is -2.40. The Kier molecular flexibility index (Phi) is 4.37. The molecule has 120 valence electrons. The van der Waals surface area contributed by atoms with Gasteiger partial charge in [0.15, 0.2) is 0 Å². The number of hydrogen-bond acceptors (Lipinski definition) is 6. The standard InChI is InChI=1S/C14H21FN6O/c1-11-17-18-14(22-11)21-8-12(15)7-13(21)9-19(2)5-6-20-4-3-16-10-20/h3-4,10,12-13H,5-9H2,1-2H3/t12-,13-/m0/s1. The topological polar surface area (TPSA) is 63.2 Å². The fourth-order valence-corrected chi connectivity index (χ4v) is 2.83. The number of likely N-dealkylation sites (N-methyl/N-ethyl adjacent to an activating group) is 1. The summed E-state index contributed by atoms with van der Waals surface area (Å²) in [5.41, 5.74) is 0. The van der Waals surface area contributed by atoms with E-state index in [1.165, 1.54) is 0 Å². The zero-order chi connectivity index (χ0) is 15.5. The van der Waals surface area contributed by atoms with Crippen LogP contribution in [0.2, 0.25) is 0 Å². The summed E-state index contributed by atoms with van der Waals surface area (Å²) in [5, 5.41) is 7.85. The Bertz CT molecular complexity index is 586. The lowest BCUT2D eigenvalue weighted by molar-refractivity contribution is 0.284. The van der Waals surface area contributed by atoms with Crippen LogP contribution in [0.5, 0.6) is 0 Å². The minimum absolute atomic E-state index is 0.0580. The Balaban J connectivity index is 1.57. The summed E-state index contributed by atoms with van der Waals surface area (Å²) in [4.78, 5) is 8.11. The number of alkyl halides is 1. The number of rotatable bonds is 6. The van der Waals surface area contributed by atoms with Gasteiger partial charge in [-0.3, -0.25) is 0 Å². The molecule has 1 aliphatic heterocycles. The lowest BCUT2D eigenvalue weighted by atomic mass is 10.2. The van der Waals surface area contributed by atoms with Crippen molar-refractivity contribution in [1.82, 2.24) is 24.6 Å². The highest BCUT2D eigenvalue weighted by Gasteiger charge is 2.35. The molecule has 0 spiro atoms. The van der Waals surface area contributed by atoms with Gasteiger partial charge >= 0.3 is 6.01 Å². The highest BCUT2D eigenvalue weighted by atomic mass is 19.1. The maximum atomic E-state index is 13.8. The fraction of sp³-hybridized carbons (Fsp3) is 0.643. The van der Waals surface area contributed by atoms with Crippen LogP contribution in [0.3, 0.4) is 0 Å². The van der Waals surface area contributed by atoms with Crippen LogP contribution in [0.25, 0.3) is 0 Å². The molecule has 0 aliphatic carbocycles. The number of halogens is 1. The molecule has 7 nitrogen and oxygen atoms in total. The average Bonchev–Trinajstić information content (AvgIpc) is 3.18. The van der Waals surface area contributed by atoms with E-state index < -0.39 is 6.17 Å². The monoisotopic (exact) mass is 308 g/mol. The fourth-order valence-electron chi connectivity index (χ4n) is 2.83. The number of aromatic nitrogens is 4. The molecule has 2 aromatic heterocycles. The third-order valence-corrected chi connectivity index (χ3v) is 3.95. The predicted octanol–water partition coefficient (Wildman–Crippen LogP) is 1.12. The van der Waals surface area contributed by atoms with Gasteiger partial charge in [-0.15, -0.1) is 5.10 Å². The van der Waals surface area contributed by atoms with Crippen LogP contribution in [-0.4, -0.2) is 63.5 Å². The van der Waals surface area contributed by atoms with E-state index in [1.807, 2.05) is 22.7 Å². The molecule has 2 aromatic rings. The summed E-state index contributed by atoms with van der Waals surface area (Å²) in [5.74, 6) is 0.504. The van der Waals surface area contributed by atoms with E-state index in [1.54, 1.807) is 19.4 Å². The van der Waals surface area contributed by atoms with Gasteiger partial charge in [0.2, 0.25) is 5.89 Å². The van der Waals surface area contributed by atoms with Gasteiger partial charge < -0.3 is 18.8 Å². The number of anilines is 1. The van der Waals surface area contributed by atoms with Crippen molar-refractivity contribution >= 4 is 6.01 Å². The van der Waals surface area contributed by atoms with E-state index in [0.717, 1.165) is 19.6 Å². The molecular formula is C14H21FN6O. The smallest absolute Gasteiger partial charge is 0.318 e. The third kappa shape index (κ3) is 3.44. The molecule has 0 amide bonds. The number of nitrogens with zero attached hydrogens (tertiary/aromatic N) is 6. The van der Waals surface area contributed by atoms with Crippen molar-refractivity contribution in [3.63, 3.8) is 0 Å². The summed E-state index contributed by atoms with van der Waals surface area (Å²) in [6.45, 7) is 4.56. The molecule has 0 unspecified atom stereocenters. The molecule has 22 heavy (non-hydrogen) atoms. The van der Waals surface area contributed by atoms with Crippen LogP contribution < -0.4 is 4.90 Å². The van der Waals surface area contributed by atoms with E-state index in [-0.39, 0.29) is 6.04 Å². The molecule has 1 aliphatic rings. The SMILES string of the molecule is Cc1nnc(N2C[C@@H](F)C[C@H]2CN(C)CCn2ccnc2)o1. The van der Waals surface area contributed by atoms with Crippen LogP contribution in [0.1, 0.15) is 12.3 Å². The van der Waals surface area contributed by atoms with Crippen LogP contribution in [-0.2, 0) is 6.54 Å². The highest BCUT2D eigenvalue weighted by Crippen LogP contribution is 2.26. The second-order valence-electron chi connectivity index (χ2n) is 5.81. The first kappa shape index (κ1) is 15.0. The zero-order valence-electron chi connectivity index (χ0n) is 12.9. The first-order valence-corrected chi connectivity index (χ1v) is 7.47. The molecule has 0 aromatic carbocycles. The van der Waals surface area contributed by atoms with Crippen molar-refractivity contribution in [1.29, 1.82) is 0 Å². The van der Waals surface area contributed by atoms with E-state index in [4.69, 9.17) is 4.42 Å². The Morgan fingerprint density at radius 2 is 2.32 bits per heavy atom. The van der Waals surface area contributed by atoms with Crippen LogP contribution in [0.15, 0.2) is 23.1 Å². The molecule has 1 saturated heterocycles. The summed E-state index contributed by atoms with van der Waals surface area (Å²) in [6.07, 6.45) is 5.16. The first-order chi connectivity index (χ1) is 10.6. The maximum absolute atomic E-state index is 13.8. The maximum Gasteiger partial charge on any atom is 0.318 e. The first-order valence-electron chi connectivity index (χ1n) is 7.47. The summed E-state index contributed by atoms with van der Waals surface area (Å²) in [7, 11) is 2.04. The molecule has 3 heterocycles. The highest BCUT2D eigenvalue weighted by molar-refractivity contribution is 5.30. The van der Waals surface area contributed by atoms with Crippen molar-refractivity contribution in [2.45, 2.75) is 32.1 Å². The second-order valence-corrected chi connectivity index (χ2v) is 5.81. The van der Waals surface area contributed by atoms with Gasteiger partial charge in [0.25, 0.3) is 0 Å². The molecule has 0 saturated carbocycles. The molecule has 8 heteroatoms. The Morgan fingerprint density at radius 1 is 1.45 bits per heavy atom. The van der Waals surface area contributed by atoms with Crippen molar-refractivity contribution in [3.8, 4) is 0 Å². The quantitative estimate of drug-likeness (QED) is 0.797. The van der Waals surface area contributed by atoms with E-state index in [0.29, 0.717) is 24.9 Å². The van der Waals surface area contributed by atoms with Crippen LogP contribution >= 0.6 is 0 Å². The van der Waals surface area contributed by atoms with Gasteiger partial charge in [0, 0.05) is 51.4 Å². The van der Waals surface area contributed by atoms with Crippen LogP contribution in [0.4, 0.5) is 10.4 Å². The third-order valence-electron chi connectivity index (χ3n) is 3.95. The van der Waals surface area contributed by atoms with Gasteiger partial charge in [0.05, 0.1) is 12.9 Å². The van der Waals surface area contributed by atoms with Gasteiger partial charge in [-0.2, -0.15) is 0 Å². The predicted molar refractivity (Wildman–Crippen MR) is 79.4 cm³/mol.